The number of carbonyl (C=O) groups is 2. The monoisotopic (exact) mass is 433 g/mol. The first kappa shape index (κ1) is 19.3. The summed E-state index contributed by atoms with van der Waals surface area (Å²) >= 11 is 1.40. The van der Waals surface area contributed by atoms with Crippen molar-refractivity contribution in [1.82, 2.24) is 19.7 Å². The van der Waals surface area contributed by atoms with Crippen molar-refractivity contribution in [1.29, 1.82) is 0 Å². The molecule has 156 valence electrons. The largest absolute Gasteiger partial charge is 0.472 e. The maximum atomic E-state index is 13.2. The number of amides is 2. The number of benzene rings is 1. The molecule has 0 spiro atoms. The summed E-state index contributed by atoms with van der Waals surface area (Å²) in [6.45, 7) is 2.93. The molecule has 0 unspecified atom stereocenters. The van der Waals surface area contributed by atoms with Gasteiger partial charge in [-0.2, -0.15) is 5.10 Å². The van der Waals surface area contributed by atoms with Crippen LogP contribution in [0.4, 0.5) is 5.13 Å². The van der Waals surface area contributed by atoms with Crippen molar-refractivity contribution in [3.63, 3.8) is 0 Å². The van der Waals surface area contributed by atoms with Crippen LogP contribution in [0.5, 0.6) is 0 Å². The first-order valence-electron chi connectivity index (χ1n) is 9.81. The van der Waals surface area contributed by atoms with Gasteiger partial charge in [-0.05, 0) is 25.1 Å². The van der Waals surface area contributed by atoms with E-state index >= 15 is 0 Å². The first-order chi connectivity index (χ1) is 15.1. The van der Waals surface area contributed by atoms with Crippen LogP contribution in [-0.4, -0.2) is 38.0 Å². The average molecular weight is 433 g/mol. The number of aromatic nitrogens is 3. The third-order valence-electron chi connectivity index (χ3n) is 5.26. The van der Waals surface area contributed by atoms with Gasteiger partial charge in [-0.25, -0.2) is 9.67 Å². The third kappa shape index (κ3) is 3.64. The highest BCUT2D eigenvalue weighted by atomic mass is 32.1. The molecule has 3 aromatic heterocycles. The van der Waals surface area contributed by atoms with E-state index in [4.69, 9.17) is 4.42 Å². The predicted molar refractivity (Wildman–Crippen MR) is 116 cm³/mol. The fourth-order valence-electron chi connectivity index (χ4n) is 3.60. The number of hydrogen-bond acceptors (Lipinski definition) is 6. The summed E-state index contributed by atoms with van der Waals surface area (Å²) < 4.78 is 6.72. The summed E-state index contributed by atoms with van der Waals surface area (Å²) in [5.41, 5.74) is 3.68. The van der Waals surface area contributed by atoms with Crippen molar-refractivity contribution in [3.05, 3.63) is 82.5 Å². The Balaban J connectivity index is 1.32. The minimum Gasteiger partial charge on any atom is -0.472 e. The topological polar surface area (TPSA) is 93.3 Å². The minimum atomic E-state index is -0.267. The van der Waals surface area contributed by atoms with Crippen LogP contribution in [0.3, 0.4) is 0 Å². The molecule has 0 saturated heterocycles. The van der Waals surface area contributed by atoms with E-state index in [1.165, 1.54) is 23.9 Å². The number of nitrogens with one attached hydrogen (secondary N) is 1. The van der Waals surface area contributed by atoms with E-state index in [0.29, 0.717) is 35.8 Å². The Kier molecular flexibility index (Phi) is 4.87. The summed E-state index contributed by atoms with van der Waals surface area (Å²) in [5, 5.41) is 7.74. The molecule has 0 atom stereocenters. The maximum absolute atomic E-state index is 13.2. The Labute approximate surface area is 182 Å². The van der Waals surface area contributed by atoms with Crippen LogP contribution in [0.1, 0.15) is 37.0 Å². The Bertz CT molecular complexity index is 1240. The van der Waals surface area contributed by atoms with Gasteiger partial charge in [0.25, 0.3) is 11.8 Å². The van der Waals surface area contributed by atoms with Crippen LogP contribution in [0.2, 0.25) is 0 Å². The lowest BCUT2D eigenvalue weighted by atomic mass is 10.1. The molecule has 4 heterocycles. The maximum Gasteiger partial charge on any atom is 0.260 e. The fraction of sp³-hybridized carbons (Fsp3) is 0.182. The number of anilines is 1. The van der Waals surface area contributed by atoms with Gasteiger partial charge in [-0.15, -0.1) is 0 Å². The summed E-state index contributed by atoms with van der Waals surface area (Å²) in [4.78, 5) is 32.7. The number of rotatable bonds is 4. The van der Waals surface area contributed by atoms with Gasteiger partial charge in [0, 0.05) is 17.8 Å². The normalized spacial score (nSPS) is 13.1. The Morgan fingerprint density at radius 1 is 1.19 bits per heavy atom. The van der Waals surface area contributed by atoms with E-state index in [1.807, 2.05) is 42.2 Å². The van der Waals surface area contributed by atoms with Crippen molar-refractivity contribution in [2.75, 3.05) is 11.9 Å². The zero-order chi connectivity index (χ0) is 21.4. The van der Waals surface area contributed by atoms with Crippen LogP contribution in [0.15, 0.2) is 59.5 Å². The molecule has 31 heavy (non-hydrogen) atoms. The number of carbonyl (C=O) groups excluding carboxylic acids is 2. The number of fused-ring (bicyclic) bond motifs is 1. The molecule has 1 aliphatic heterocycles. The summed E-state index contributed by atoms with van der Waals surface area (Å²) in [6.07, 6.45) is 5.11. The molecule has 1 aromatic carbocycles. The van der Waals surface area contributed by atoms with Gasteiger partial charge in [0.05, 0.1) is 47.2 Å². The van der Waals surface area contributed by atoms with E-state index < -0.39 is 0 Å². The van der Waals surface area contributed by atoms with Crippen molar-refractivity contribution in [3.8, 4) is 5.69 Å². The fourth-order valence-corrected chi connectivity index (χ4v) is 4.62. The van der Waals surface area contributed by atoms with Crippen molar-refractivity contribution in [2.45, 2.75) is 19.9 Å². The number of nitrogens with zero attached hydrogens (tertiary/aromatic N) is 4. The van der Waals surface area contributed by atoms with Gasteiger partial charge < -0.3 is 9.32 Å². The lowest BCUT2D eigenvalue weighted by Crippen LogP contribution is -2.35. The second kappa shape index (κ2) is 7.84. The summed E-state index contributed by atoms with van der Waals surface area (Å²) in [6, 6.07) is 11.3. The standard InChI is InChI=1S/C22H19N5O3S/c1-14-17(11-23-27(14)16-5-3-2-4-6-16)21(29)26-9-7-18-19(12-26)31-22(24-18)25-20(28)15-8-10-30-13-15/h2-6,8,10-11,13H,7,9,12H2,1H3,(H,24,25,28). The molecular formula is C22H19N5O3S. The van der Waals surface area contributed by atoms with Crippen molar-refractivity contribution >= 4 is 28.3 Å². The van der Waals surface area contributed by atoms with Crippen molar-refractivity contribution < 1.29 is 14.0 Å². The average Bonchev–Trinajstić information content (AvgIpc) is 3.53. The van der Waals surface area contributed by atoms with Crippen LogP contribution in [0.25, 0.3) is 5.69 Å². The highest BCUT2D eigenvalue weighted by Crippen LogP contribution is 2.30. The van der Waals surface area contributed by atoms with Crippen LogP contribution in [-0.2, 0) is 13.0 Å². The molecule has 0 saturated carbocycles. The Hall–Kier alpha value is -3.72. The highest BCUT2D eigenvalue weighted by Gasteiger charge is 2.27. The summed E-state index contributed by atoms with van der Waals surface area (Å²) in [7, 11) is 0. The highest BCUT2D eigenvalue weighted by molar-refractivity contribution is 7.15. The second-order valence-corrected chi connectivity index (χ2v) is 8.31. The SMILES string of the molecule is Cc1c(C(=O)N2CCc3nc(NC(=O)c4ccoc4)sc3C2)cnn1-c1ccccc1. The molecule has 1 N–H and O–H groups in total. The van der Waals surface area contributed by atoms with Crippen LogP contribution < -0.4 is 5.32 Å². The molecular weight excluding hydrogens is 414 g/mol. The molecule has 8 nitrogen and oxygen atoms in total. The first-order valence-corrected chi connectivity index (χ1v) is 10.6. The van der Waals surface area contributed by atoms with Crippen LogP contribution >= 0.6 is 11.3 Å². The zero-order valence-electron chi connectivity index (χ0n) is 16.7. The van der Waals surface area contributed by atoms with Gasteiger partial charge in [0.15, 0.2) is 5.13 Å². The van der Waals surface area contributed by atoms with Gasteiger partial charge >= 0.3 is 0 Å². The van der Waals surface area contributed by atoms with Gasteiger partial charge in [-0.3, -0.25) is 14.9 Å². The van der Waals surface area contributed by atoms with Gasteiger partial charge in [0.2, 0.25) is 0 Å². The Morgan fingerprint density at radius 3 is 2.81 bits per heavy atom. The van der Waals surface area contributed by atoms with E-state index in [9.17, 15) is 9.59 Å². The number of para-hydroxylation sites is 1. The molecule has 0 bridgehead atoms. The third-order valence-corrected chi connectivity index (χ3v) is 6.26. The van der Waals surface area contributed by atoms with Gasteiger partial charge in [-0.1, -0.05) is 29.5 Å². The minimum absolute atomic E-state index is 0.0530. The van der Waals surface area contributed by atoms with E-state index in [0.717, 1.165) is 22.0 Å². The molecule has 4 aromatic rings. The van der Waals surface area contributed by atoms with Crippen LogP contribution in [0, 0.1) is 6.92 Å². The molecule has 0 fully saturated rings. The molecule has 0 aliphatic carbocycles. The molecule has 1 aliphatic rings. The number of thiazole rings is 1. The number of furan rings is 1. The lowest BCUT2D eigenvalue weighted by molar-refractivity contribution is 0.0735. The van der Waals surface area contributed by atoms with Crippen molar-refractivity contribution in [2.24, 2.45) is 0 Å². The number of hydrogen-bond donors (Lipinski definition) is 1. The molecule has 0 radical (unpaired) electrons. The molecule has 2 amide bonds. The predicted octanol–water partition coefficient (Wildman–Crippen LogP) is 3.68. The smallest absolute Gasteiger partial charge is 0.260 e. The van der Waals surface area contributed by atoms with E-state index in [1.54, 1.807) is 16.9 Å². The van der Waals surface area contributed by atoms with Gasteiger partial charge in [0.1, 0.15) is 6.26 Å². The second-order valence-electron chi connectivity index (χ2n) is 7.22. The molecule has 5 rings (SSSR count). The molecule has 9 heteroatoms. The lowest BCUT2D eigenvalue weighted by Gasteiger charge is -2.26. The van der Waals surface area contributed by atoms with E-state index in [2.05, 4.69) is 15.4 Å². The quantitative estimate of drug-likeness (QED) is 0.530. The zero-order valence-corrected chi connectivity index (χ0v) is 17.6. The van der Waals surface area contributed by atoms with E-state index in [-0.39, 0.29) is 11.8 Å². The Morgan fingerprint density at radius 2 is 2.03 bits per heavy atom. The summed E-state index contributed by atoms with van der Waals surface area (Å²) in [5.74, 6) is -0.320.